The van der Waals surface area contributed by atoms with Crippen molar-refractivity contribution in [3.63, 3.8) is 0 Å². The van der Waals surface area contributed by atoms with E-state index in [1.807, 2.05) is 44.2 Å². The van der Waals surface area contributed by atoms with Crippen molar-refractivity contribution in [1.29, 1.82) is 0 Å². The third-order valence-electron chi connectivity index (χ3n) is 4.09. The highest BCUT2D eigenvalue weighted by atomic mass is 32.2. The molecule has 0 radical (unpaired) electrons. The highest BCUT2D eigenvalue weighted by Crippen LogP contribution is 2.22. The summed E-state index contributed by atoms with van der Waals surface area (Å²) in [5, 5.41) is 3.02. The number of benzene rings is 2. The van der Waals surface area contributed by atoms with Crippen LogP contribution in [0, 0.1) is 0 Å². The maximum Gasteiger partial charge on any atom is 0.228 e. The fourth-order valence-electron chi connectivity index (χ4n) is 2.66. The Hall–Kier alpha value is -2.14. The molecule has 2 atom stereocenters. The number of nitrogens with one attached hydrogen (secondary N) is 1. The summed E-state index contributed by atoms with van der Waals surface area (Å²) in [5.41, 5.74) is 1.87. The van der Waals surface area contributed by atoms with Crippen LogP contribution in [-0.2, 0) is 14.6 Å². The van der Waals surface area contributed by atoms with Crippen LogP contribution in [0.5, 0.6) is 0 Å². The molecule has 24 heavy (non-hydrogen) atoms. The van der Waals surface area contributed by atoms with E-state index in [1.54, 1.807) is 24.3 Å². The average Bonchev–Trinajstić information content (AvgIpc) is 2.56. The third-order valence-corrected chi connectivity index (χ3v) is 5.22. The average molecular weight is 345 g/mol. The Morgan fingerprint density at radius 2 is 1.58 bits per heavy atom. The van der Waals surface area contributed by atoms with Crippen LogP contribution in [0.4, 0.5) is 0 Å². The topological polar surface area (TPSA) is 63.2 Å². The first-order valence-electron chi connectivity index (χ1n) is 7.98. The minimum atomic E-state index is -3.21. The number of carbonyl (C=O) groups excluding carboxylic acids is 1. The number of rotatable bonds is 6. The molecule has 1 N–H and O–H groups in total. The second-order valence-electron chi connectivity index (χ2n) is 5.94. The van der Waals surface area contributed by atoms with Gasteiger partial charge in [-0.15, -0.1) is 0 Å². The van der Waals surface area contributed by atoms with Crippen LogP contribution < -0.4 is 5.32 Å². The zero-order valence-electron chi connectivity index (χ0n) is 14.2. The third kappa shape index (κ3) is 4.45. The first kappa shape index (κ1) is 18.2. The van der Waals surface area contributed by atoms with Gasteiger partial charge < -0.3 is 5.32 Å². The molecule has 0 spiro atoms. The van der Waals surface area contributed by atoms with E-state index in [9.17, 15) is 13.2 Å². The summed E-state index contributed by atoms with van der Waals surface area (Å²) in [6, 6.07) is 16.1. The van der Waals surface area contributed by atoms with E-state index in [0.29, 0.717) is 0 Å². The van der Waals surface area contributed by atoms with Gasteiger partial charge in [0.25, 0.3) is 0 Å². The molecule has 5 heteroatoms. The highest BCUT2D eigenvalue weighted by Gasteiger charge is 2.20. The van der Waals surface area contributed by atoms with E-state index < -0.39 is 9.84 Å². The Kier molecular flexibility index (Phi) is 5.78. The summed E-state index contributed by atoms with van der Waals surface area (Å²) in [4.78, 5) is 12.9. The van der Waals surface area contributed by atoms with Gasteiger partial charge in [0, 0.05) is 6.26 Å². The number of amides is 1. The molecule has 0 heterocycles. The van der Waals surface area contributed by atoms with Gasteiger partial charge in [0.15, 0.2) is 9.84 Å². The summed E-state index contributed by atoms with van der Waals surface area (Å²) in [7, 11) is -3.21. The quantitative estimate of drug-likeness (QED) is 0.872. The Balaban J connectivity index is 2.10. The van der Waals surface area contributed by atoms with Crippen LogP contribution in [0.3, 0.4) is 0 Å². The van der Waals surface area contributed by atoms with Gasteiger partial charge in [-0.1, -0.05) is 49.4 Å². The lowest BCUT2D eigenvalue weighted by Gasteiger charge is -2.20. The lowest BCUT2D eigenvalue weighted by Crippen LogP contribution is -2.31. The molecule has 4 nitrogen and oxygen atoms in total. The fraction of sp³-hybridized carbons (Fsp3) is 0.316. The fourth-order valence-corrected chi connectivity index (χ4v) is 3.29. The Bertz CT molecular complexity index is 783. The molecular weight excluding hydrogens is 322 g/mol. The van der Waals surface area contributed by atoms with Gasteiger partial charge in [-0.05, 0) is 36.6 Å². The van der Waals surface area contributed by atoms with E-state index in [-0.39, 0.29) is 22.8 Å². The molecule has 1 amide bonds. The van der Waals surface area contributed by atoms with Crippen molar-refractivity contribution in [1.82, 2.24) is 5.32 Å². The summed E-state index contributed by atoms with van der Waals surface area (Å²) in [6.07, 6.45) is 1.90. The lowest BCUT2D eigenvalue weighted by atomic mass is 9.95. The molecule has 2 rings (SSSR count). The SMILES string of the molecule is CCC(C(=O)NC(C)c1ccc(S(C)(=O)=O)cc1)c1ccccc1. The van der Waals surface area contributed by atoms with Crippen molar-refractivity contribution in [3.8, 4) is 0 Å². The summed E-state index contributed by atoms with van der Waals surface area (Å²) in [5.74, 6) is -0.215. The van der Waals surface area contributed by atoms with E-state index in [4.69, 9.17) is 0 Å². The molecule has 2 unspecified atom stereocenters. The lowest BCUT2D eigenvalue weighted by molar-refractivity contribution is -0.123. The van der Waals surface area contributed by atoms with Crippen molar-refractivity contribution >= 4 is 15.7 Å². The predicted molar refractivity (Wildman–Crippen MR) is 95.6 cm³/mol. The van der Waals surface area contributed by atoms with Crippen molar-refractivity contribution < 1.29 is 13.2 Å². The molecule has 0 aliphatic carbocycles. The Labute approximate surface area is 143 Å². The number of carbonyl (C=O) groups is 1. The molecule has 0 bridgehead atoms. The largest absolute Gasteiger partial charge is 0.349 e. The van der Waals surface area contributed by atoms with Crippen molar-refractivity contribution in [2.45, 2.75) is 37.1 Å². The van der Waals surface area contributed by atoms with Crippen molar-refractivity contribution in [2.75, 3.05) is 6.26 Å². The molecule has 0 fully saturated rings. The predicted octanol–water partition coefficient (Wildman–Crippen LogP) is 3.46. The molecule has 0 aliphatic rings. The highest BCUT2D eigenvalue weighted by molar-refractivity contribution is 7.90. The van der Waals surface area contributed by atoms with Gasteiger partial charge in [0.1, 0.15) is 0 Å². The van der Waals surface area contributed by atoms with E-state index >= 15 is 0 Å². The number of sulfone groups is 1. The number of hydrogen-bond acceptors (Lipinski definition) is 3. The molecule has 0 saturated heterocycles. The first-order chi connectivity index (χ1) is 11.3. The zero-order valence-corrected chi connectivity index (χ0v) is 15.0. The molecular formula is C19H23NO3S. The van der Waals surface area contributed by atoms with Crippen molar-refractivity contribution in [3.05, 3.63) is 65.7 Å². The zero-order chi connectivity index (χ0) is 17.7. The second kappa shape index (κ2) is 7.62. The van der Waals surface area contributed by atoms with E-state index in [0.717, 1.165) is 17.5 Å². The summed E-state index contributed by atoms with van der Waals surface area (Å²) in [6.45, 7) is 3.88. The van der Waals surface area contributed by atoms with Gasteiger partial charge >= 0.3 is 0 Å². The second-order valence-corrected chi connectivity index (χ2v) is 7.96. The molecule has 0 saturated carbocycles. The monoisotopic (exact) mass is 345 g/mol. The van der Waals surface area contributed by atoms with Gasteiger partial charge in [0.2, 0.25) is 5.91 Å². The molecule has 2 aromatic rings. The van der Waals surface area contributed by atoms with Crippen LogP contribution in [0.1, 0.15) is 43.4 Å². The van der Waals surface area contributed by atoms with Gasteiger partial charge in [0.05, 0.1) is 16.9 Å². The molecule has 2 aromatic carbocycles. The summed E-state index contributed by atoms with van der Waals surface area (Å²) < 4.78 is 23.0. The molecule has 128 valence electrons. The maximum atomic E-state index is 12.6. The van der Waals surface area contributed by atoms with Crippen LogP contribution in [0.25, 0.3) is 0 Å². The standard InChI is InChI=1S/C19H23NO3S/c1-4-18(16-8-6-5-7-9-16)19(21)20-14(2)15-10-12-17(13-11-15)24(3,22)23/h5-14,18H,4H2,1-3H3,(H,20,21). The van der Waals surface area contributed by atoms with Gasteiger partial charge in [-0.3, -0.25) is 4.79 Å². The Morgan fingerprint density at radius 1 is 1.00 bits per heavy atom. The normalized spacial score (nSPS) is 14.0. The molecule has 0 aliphatic heterocycles. The van der Waals surface area contributed by atoms with Crippen LogP contribution in [-0.4, -0.2) is 20.6 Å². The molecule has 0 aromatic heterocycles. The van der Waals surface area contributed by atoms with E-state index in [2.05, 4.69) is 5.32 Å². The van der Waals surface area contributed by atoms with Gasteiger partial charge in [-0.2, -0.15) is 0 Å². The Morgan fingerprint density at radius 3 is 2.08 bits per heavy atom. The van der Waals surface area contributed by atoms with Gasteiger partial charge in [-0.25, -0.2) is 8.42 Å². The first-order valence-corrected chi connectivity index (χ1v) is 9.87. The van der Waals surface area contributed by atoms with Crippen LogP contribution in [0.2, 0.25) is 0 Å². The summed E-state index contributed by atoms with van der Waals surface area (Å²) >= 11 is 0. The smallest absolute Gasteiger partial charge is 0.228 e. The maximum absolute atomic E-state index is 12.6. The van der Waals surface area contributed by atoms with Crippen molar-refractivity contribution in [2.24, 2.45) is 0 Å². The minimum absolute atomic E-state index is 0.0246. The van der Waals surface area contributed by atoms with E-state index in [1.165, 1.54) is 6.26 Å². The van der Waals surface area contributed by atoms with Crippen LogP contribution >= 0.6 is 0 Å². The van der Waals surface area contributed by atoms with Crippen LogP contribution in [0.15, 0.2) is 59.5 Å². The number of hydrogen-bond donors (Lipinski definition) is 1. The minimum Gasteiger partial charge on any atom is -0.349 e.